The summed E-state index contributed by atoms with van der Waals surface area (Å²) in [5.74, 6) is 1.20. The quantitative estimate of drug-likeness (QED) is 0.809. The highest BCUT2D eigenvalue weighted by Gasteiger charge is 2.10. The van der Waals surface area contributed by atoms with Crippen LogP contribution in [-0.4, -0.2) is 20.8 Å². The van der Waals surface area contributed by atoms with Crippen LogP contribution in [0.25, 0.3) is 0 Å². The maximum Gasteiger partial charge on any atom is 0.128 e. The third-order valence-electron chi connectivity index (χ3n) is 2.24. The summed E-state index contributed by atoms with van der Waals surface area (Å²) in [5, 5.41) is 0. The lowest BCUT2D eigenvalue weighted by Gasteiger charge is -2.12. The van der Waals surface area contributed by atoms with Crippen molar-refractivity contribution in [2.24, 2.45) is 5.73 Å². The first-order valence-corrected chi connectivity index (χ1v) is 4.76. The average molecular weight is 213 g/mol. The fourth-order valence-electron chi connectivity index (χ4n) is 1.49. The lowest BCUT2D eigenvalue weighted by atomic mass is 10.1. The van der Waals surface area contributed by atoms with Crippen LogP contribution in [0.4, 0.5) is 4.39 Å². The van der Waals surface area contributed by atoms with Gasteiger partial charge in [0.05, 0.1) is 14.2 Å². The predicted octanol–water partition coefficient (Wildman–Crippen LogP) is 1.67. The van der Waals surface area contributed by atoms with Crippen LogP contribution in [0.1, 0.15) is 11.1 Å². The first-order chi connectivity index (χ1) is 7.26. The molecular formula is C11H16FNO2. The van der Waals surface area contributed by atoms with Crippen molar-refractivity contribution < 1.29 is 13.9 Å². The highest BCUT2D eigenvalue weighted by Crippen LogP contribution is 2.29. The Morgan fingerprint density at radius 1 is 1.13 bits per heavy atom. The molecule has 1 aromatic carbocycles. The minimum absolute atomic E-state index is 0.508. The van der Waals surface area contributed by atoms with Gasteiger partial charge in [-0.15, -0.1) is 0 Å². The van der Waals surface area contributed by atoms with Crippen molar-refractivity contribution in [2.45, 2.75) is 13.1 Å². The fourth-order valence-corrected chi connectivity index (χ4v) is 1.49. The van der Waals surface area contributed by atoms with Gasteiger partial charge in [-0.05, 0) is 24.6 Å². The monoisotopic (exact) mass is 213 g/mol. The van der Waals surface area contributed by atoms with E-state index >= 15 is 0 Å². The van der Waals surface area contributed by atoms with Crippen molar-refractivity contribution in [3.63, 3.8) is 0 Å². The van der Waals surface area contributed by atoms with Gasteiger partial charge in [-0.2, -0.15) is 0 Å². The number of alkyl halides is 1. The third kappa shape index (κ3) is 2.59. The Bertz CT molecular complexity index is 329. The minimum Gasteiger partial charge on any atom is -0.496 e. The zero-order chi connectivity index (χ0) is 11.3. The summed E-state index contributed by atoms with van der Waals surface area (Å²) in [6.45, 7) is -0.0425. The van der Waals surface area contributed by atoms with E-state index in [9.17, 15) is 4.39 Å². The summed E-state index contributed by atoms with van der Waals surface area (Å²) in [7, 11) is 3.08. The number of rotatable bonds is 5. The van der Waals surface area contributed by atoms with Crippen molar-refractivity contribution >= 4 is 0 Å². The molecule has 84 valence electrons. The van der Waals surface area contributed by atoms with Gasteiger partial charge >= 0.3 is 0 Å². The maximum atomic E-state index is 12.7. The molecule has 3 nitrogen and oxygen atoms in total. The van der Waals surface area contributed by atoms with Crippen LogP contribution in [0.3, 0.4) is 0 Å². The van der Waals surface area contributed by atoms with Gasteiger partial charge in [0.25, 0.3) is 0 Å². The van der Waals surface area contributed by atoms with Crippen LogP contribution in [-0.2, 0) is 13.1 Å². The SMILES string of the molecule is COc1cc(OC)c(CCN)cc1CF. The Hall–Kier alpha value is -1.29. The summed E-state index contributed by atoms with van der Waals surface area (Å²) in [6, 6.07) is 3.43. The van der Waals surface area contributed by atoms with Crippen LogP contribution in [0.2, 0.25) is 0 Å². The second kappa shape index (κ2) is 5.56. The van der Waals surface area contributed by atoms with Gasteiger partial charge in [-0.3, -0.25) is 0 Å². The highest BCUT2D eigenvalue weighted by atomic mass is 19.1. The van der Waals surface area contributed by atoms with E-state index in [1.807, 2.05) is 0 Å². The topological polar surface area (TPSA) is 44.5 Å². The lowest BCUT2D eigenvalue weighted by molar-refractivity contribution is 0.378. The molecule has 0 aliphatic carbocycles. The average Bonchev–Trinajstić information content (AvgIpc) is 2.28. The highest BCUT2D eigenvalue weighted by molar-refractivity contribution is 5.46. The van der Waals surface area contributed by atoms with E-state index in [0.717, 1.165) is 5.56 Å². The zero-order valence-corrected chi connectivity index (χ0v) is 9.05. The van der Waals surface area contributed by atoms with Crippen molar-refractivity contribution in [1.82, 2.24) is 0 Å². The lowest BCUT2D eigenvalue weighted by Crippen LogP contribution is -2.05. The normalized spacial score (nSPS) is 10.1. The van der Waals surface area contributed by atoms with Crippen molar-refractivity contribution in [1.29, 1.82) is 0 Å². The van der Waals surface area contributed by atoms with E-state index in [2.05, 4.69) is 0 Å². The predicted molar refractivity (Wildman–Crippen MR) is 57.1 cm³/mol. The molecule has 1 aromatic rings. The number of ether oxygens (including phenoxy) is 2. The number of nitrogens with two attached hydrogens (primary N) is 1. The van der Waals surface area contributed by atoms with E-state index in [1.165, 1.54) is 7.11 Å². The molecule has 0 unspecified atom stereocenters. The van der Waals surface area contributed by atoms with Crippen LogP contribution >= 0.6 is 0 Å². The second-order valence-corrected chi connectivity index (χ2v) is 3.15. The molecule has 0 amide bonds. The number of hydrogen-bond donors (Lipinski definition) is 1. The number of methoxy groups -OCH3 is 2. The third-order valence-corrected chi connectivity index (χ3v) is 2.24. The van der Waals surface area contributed by atoms with Gasteiger partial charge in [0.2, 0.25) is 0 Å². The standard InChI is InChI=1S/C11H16FNO2/c1-14-10-6-11(15-2)9(7-12)5-8(10)3-4-13/h5-6H,3-4,7,13H2,1-2H3. The van der Waals surface area contributed by atoms with Gasteiger partial charge < -0.3 is 15.2 Å². The number of hydrogen-bond acceptors (Lipinski definition) is 3. The second-order valence-electron chi connectivity index (χ2n) is 3.15. The number of benzene rings is 1. The van der Waals surface area contributed by atoms with Crippen molar-refractivity contribution in [3.8, 4) is 11.5 Å². The molecule has 0 bridgehead atoms. The van der Waals surface area contributed by atoms with Crippen molar-refractivity contribution in [3.05, 3.63) is 23.3 Å². The minimum atomic E-state index is -0.551. The largest absolute Gasteiger partial charge is 0.496 e. The van der Waals surface area contributed by atoms with Crippen LogP contribution in [0.15, 0.2) is 12.1 Å². The maximum absolute atomic E-state index is 12.7. The summed E-state index contributed by atoms with van der Waals surface area (Å²) in [4.78, 5) is 0. The molecule has 4 heteroatoms. The molecule has 15 heavy (non-hydrogen) atoms. The van der Waals surface area contributed by atoms with E-state index in [0.29, 0.717) is 30.0 Å². The Balaban J connectivity index is 3.15. The van der Waals surface area contributed by atoms with E-state index in [4.69, 9.17) is 15.2 Å². The Morgan fingerprint density at radius 2 is 1.73 bits per heavy atom. The summed E-state index contributed by atoms with van der Waals surface area (Å²) < 4.78 is 22.9. The molecule has 0 fully saturated rings. The molecule has 1 rings (SSSR count). The molecule has 0 heterocycles. The van der Waals surface area contributed by atoms with Gasteiger partial charge in [-0.1, -0.05) is 0 Å². The van der Waals surface area contributed by atoms with E-state index in [1.54, 1.807) is 19.2 Å². The molecule has 0 radical (unpaired) electrons. The van der Waals surface area contributed by atoms with Gasteiger partial charge in [0, 0.05) is 11.6 Å². The first-order valence-electron chi connectivity index (χ1n) is 4.76. The number of halogens is 1. The molecule has 2 N–H and O–H groups in total. The Morgan fingerprint density at radius 3 is 2.20 bits per heavy atom. The molecule has 0 aliphatic heterocycles. The Labute approximate surface area is 89.0 Å². The van der Waals surface area contributed by atoms with Crippen LogP contribution in [0, 0.1) is 0 Å². The van der Waals surface area contributed by atoms with Crippen molar-refractivity contribution in [2.75, 3.05) is 20.8 Å². The Kier molecular flexibility index (Phi) is 4.37. The van der Waals surface area contributed by atoms with Gasteiger partial charge in [-0.25, -0.2) is 4.39 Å². The molecule has 0 saturated heterocycles. The zero-order valence-electron chi connectivity index (χ0n) is 9.05. The summed E-state index contributed by atoms with van der Waals surface area (Å²) >= 11 is 0. The summed E-state index contributed by atoms with van der Waals surface area (Å²) in [6.07, 6.45) is 0.667. The fraction of sp³-hybridized carbons (Fsp3) is 0.455. The van der Waals surface area contributed by atoms with E-state index in [-0.39, 0.29) is 0 Å². The van der Waals surface area contributed by atoms with Gasteiger partial charge in [0.15, 0.2) is 0 Å². The molecule has 0 aromatic heterocycles. The van der Waals surface area contributed by atoms with E-state index < -0.39 is 6.67 Å². The first kappa shape index (κ1) is 11.8. The molecule has 0 aliphatic rings. The molecule has 0 spiro atoms. The summed E-state index contributed by atoms with van der Waals surface area (Å²) in [5.41, 5.74) is 6.91. The van der Waals surface area contributed by atoms with Crippen LogP contribution in [0.5, 0.6) is 11.5 Å². The molecular weight excluding hydrogens is 197 g/mol. The molecule has 0 saturated carbocycles. The van der Waals surface area contributed by atoms with Crippen LogP contribution < -0.4 is 15.2 Å². The van der Waals surface area contributed by atoms with Gasteiger partial charge in [0.1, 0.15) is 18.2 Å². The smallest absolute Gasteiger partial charge is 0.128 e. The molecule has 0 atom stereocenters.